The molecule has 0 aliphatic rings. The Hall–Kier alpha value is -0.230. The van der Waals surface area contributed by atoms with Crippen molar-refractivity contribution in [1.82, 2.24) is 0 Å². The summed E-state index contributed by atoms with van der Waals surface area (Å²) in [7, 11) is 4.15. The second kappa shape index (κ2) is 5.55. The van der Waals surface area contributed by atoms with Crippen LogP contribution in [0.3, 0.4) is 0 Å². The van der Waals surface area contributed by atoms with Crippen LogP contribution >= 0.6 is 12.4 Å². The average molecular weight is 164 g/mol. The van der Waals surface area contributed by atoms with Crippen molar-refractivity contribution in [3.05, 3.63) is 0 Å². The predicted molar refractivity (Wildman–Crippen MR) is 47.0 cm³/mol. The number of terminal acetylenes is 1. The standard InChI is InChI=1S/C7H15N2.ClH/c1-4-6-9(2,3)7-5-8;/h1H,5-8H2,2-3H3;1H/q+1;. The monoisotopic (exact) mass is 163 g/mol. The molecule has 0 unspecified atom stereocenters. The van der Waals surface area contributed by atoms with Crippen LogP contribution in [0, 0.1) is 12.3 Å². The van der Waals surface area contributed by atoms with Crippen molar-refractivity contribution in [1.29, 1.82) is 0 Å². The molecule has 0 rings (SSSR count). The van der Waals surface area contributed by atoms with Crippen LogP contribution < -0.4 is 5.73 Å². The molecule has 0 aromatic heterocycles. The maximum Gasteiger partial charge on any atom is 0.140 e. The number of nitrogens with two attached hydrogens (primary N) is 1. The predicted octanol–water partition coefficient (Wildman–Crippen LogP) is 0.0765. The third kappa shape index (κ3) is 5.90. The van der Waals surface area contributed by atoms with Crippen molar-refractivity contribution in [3.63, 3.8) is 0 Å². The van der Waals surface area contributed by atoms with E-state index in [0.29, 0.717) is 6.54 Å². The smallest absolute Gasteiger partial charge is 0.140 e. The summed E-state index contributed by atoms with van der Waals surface area (Å²) in [5.41, 5.74) is 5.36. The van der Waals surface area contributed by atoms with Gasteiger partial charge in [-0.05, 0) is 5.92 Å². The molecule has 0 atom stereocenters. The topological polar surface area (TPSA) is 26.0 Å². The largest absolute Gasteiger partial charge is 0.326 e. The quantitative estimate of drug-likeness (QED) is 0.463. The summed E-state index contributed by atoms with van der Waals surface area (Å²) in [6.45, 7) is 2.41. The zero-order valence-corrected chi connectivity index (χ0v) is 7.45. The Labute approximate surface area is 69.4 Å². The highest BCUT2D eigenvalue weighted by Crippen LogP contribution is 1.91. The van der Waals surface area contributed by atoms with Gasteiger partial charge in [0, 0.05) is 6.54 Å². The van der Waals surface area contributed by atoms with E-state index in [-0.39, 0.29) is 12.4 Å². The maximum atomic E-state index is 5.36. The molecule has 0 heterocycles. The van der Waals surface area contributed by atoms with Crippen LogP contribution in [-0.4, -0.2) is 38.2 Å². The van der Waals surface area contributed by atoms with Crippen molar-refractivity contribution < 1.29 is 4.48 Å². The Kier molecular flexibility index (Phi) is 6.90. The van der Waals surface area contributed by atoms with E-state index in [4.69, 9.17) is 12.2 Å². The summed E-state index contributed by atoms with van der Waals surface area (Å²) >= 11 is 0. The first-order chi connectivity index (χ1) is 4.12. The van der Waals surface area contributed by atoms with E-state index in [1.54, 1.807) is 0 Å². The lowest BCUT2D eigenvalue weighted by atomic mass is 10.4. The number of hydrogen-bond acceptors (Lipinski definition) is 1. The molecule has 0 aromatic rings. The number of nitrogens with zero attached hydrogens (tertiary/aromatic N) is 1. The third-order valence-electron chi connectivity index (χ3n) is 1.25. The summed E-state index contributed by atoms with van der Waals surface area (Å²) in [5, 5.41) is 0. The lowest BCUT2D eigenvalue weighted by Crippen LogP contribution is -2.43. The number of hydrogen-bond donors (Lipinski definition) is 1. The van der Waals surface area contributed by atoms with Gasteiger partial charge in [0.2, 0.25) is 0 Å². The van der Waals surface area contributed by atoms with Crippen LogP contribution in [0.25, 0.3) is 0 Å². The maximum absolute atomic E-state index is 5.36. The zero-order chi connectivity index (χ0) is 7.33. The summed E-state index contributed by atoms with van der Waals surface area (Å²) < 4.78 is 0.826. The SMILES string of the molecule is C#CC[N+](C)(C)CCN.Cl. The fourth-order valence-electron chi connectivity index (χ4n) is 0.676. The van der Waals surface area contributed by atoms with Gasteiger partial charge in [-0.15, -0.1) is 18.8 Å². The van der Waals surface area contributed by atoms with E-state index in [0.717, 1.165) is 17.6 Å². The lowest BCUT2D eigenvalue weighted by molar-refractivity contribution is -0.881. The minimum absolute atomic E-state index is 0. The van der Waals surface area contributed by atoms with E-state index in [9.17, 15) is 0 Å². The van der Waals surface area contributed by atoms with Gasteiger partial charge < -0.3 is 10.2 Å². The highest BCUT2D eigenvalue weighted by Gasteiger charge is 2.09. The van der Waals surface area contributed by atoms with Gasteiger partial charge in [-0.2, -0.15) is 0 Å². The molecule has 2 nitrogen and oxygen atoms in total. The van der Waals surface area contributed by atoms with Crippen LogP contribution in [0.15, 0.2) is 0 Å². The van der Waals surface area contributed by atoms with Crippen molar-refractivity contribution in [2.24, 2.45) is 5.73 Å². The highest BCUT2D eigenvalue weighted by molar-refractivity contribution is 5.85. The molecule has 3 heteroatoms. The normalized spacial score (nSPS) is 9.80. The molecular weight excluding hydrogens is 148 g/mol. The van der Waals surface area contributed by atoms with Gasteiger partial charge in [0.25, 0.3) is 0 Å². The minimum atomic E-state index is 0. The molecule has 0 aliphatic carbocycles. The van der Waals surface area contributed by atoms with Crippen LogP contribution in [0.5, 0.6) is 0 Å². The van der Waals surface area contributed by atoms with Gasteiger partial charge in [0.15, 0.2) is 0 Å². The Balaban J connectivity index is 0. The summed E-state index contributed by atoms with van der Waals surface area (Å²) in [4.78, 5) is 0. The van der Waals surface area contributed by atoms with Crippen LogP contribution in [0.4, 0.5) is 0 Å². The van der Waals surface area contributed by atoms with Crippen LogP contribution in [0.1, 0.15) is 0 Å². The molecular formula is C7H16ClN2+. The highest BCUT2D eigenvalue weighted by atomic mass is 35.5. The van der Waals surface area contributed by atoms with E-state index in [1.807, 2.05) is 0 Å². The number of likely N-dealkylation sites (N-methyl/N-ethyl adjacent to an activating group) is 1. The van der Waals surface area contributed by atoms with Crippen molar-refractivity contribution in [2.45, 2.75) is 0 Å². The molecule has 2 N–H and O–H groups in total. The van der Waals surface area contributed by atoms with Crippen LogP contribution in [-0.2, 0) is 0 Å². The molecule has 0 aromatic carbocycles. The molecule has 10 heavy (non-hydrogen) atoms. The molecule has 60 valence electrons. The second-order valence-electron chi connectivity index (χ2n) is 2.81. The number of rotatable bonds is 3. The van der Waals surface area contributed by atoms with Crippen molar-refractivity contribution in [3.8, 4) is 12.3 Å². The summed E-state index contributed by atoms with van der Waals surface area (Å²) in [5.74, 6) is 2.61. The van der Waals surface area contributed by atoms with Gasteiger partial charge in [0.05, 0.1) is 20.6 Å². The van der Waals surface area contributed by atoms with Gasteiger partial charge in [-0.1, -0.05) is 0 Å². The lowest BCUT2D eigenvalue weighted by Gasteiger charge is -2.26. The fourth-order valence-corrected chi connectivity index (χ4v) is 0.676. The van der Waals surface area contributed by atoms with E-state index >= 15 is 0 Å². The van der Waals surface area contributed by atoms with Gasteiger partial charge in [-0.3, -0.25) is 0 Å². The van der Waals surface area contributed by atoms with Crippen molar-refractivity contribution >= 4 is 12.4 Å². The van der Waals surface area contributed by atoms with Gasteiger partial charge in [-0.25, -0.2) is 0 Å². The minimum Gasteiger partial charge on any atom is -0.326 e. The first kappa shape index (κ1) is 12.4. The van der Waals surface area contributed by atoms with E-state index in [2.05, 4.69) is 20.0 Å². The van der Waals surface area contributed by atoms with E-state index < -0.39 is 0 Å². The Bertz CT molecular complexity index is 115. The average Bonchev–Trinajstić information content (AvgIpc) is 1.64. The molecule has 0 bridgehead atoms. The van der Waals surface area contributed by atoms with Gasteiger partial charge >= 0.3 is 0 Å². The molecule has 0 saturated carbocycles. The first-order valence-corrected chi connectivity index (χ1v) is 3.08. The first-order valence-electron chi connectivity index (χ1n) is 3.08. The third-order valence-corrected chi connectivity index (χ3v) is 1.25. The molecule has 0 saturated heterocycles. The van der Waals surface area contributed by atoms with E-state index in [1.165, 1.54) is 0 Å². The molecule has 0 radical (unpaired) electrons. The van der Waals surface area contributed by atoms with Crippen molar-refractivity contribution in [2.75, 3.05) is 33.7 Å². The summed E-state index contributed by atoms with van der Waals surface area (Å²) in [6, 6.07) is 0. The van der Waals surface area contributed by atoms with Crippen LogP contribution in [0.2, 0.25) is 0 Å². The fraction of sp³-hybridized carbons (Fsp3) is 0.714. The Morgan fingerprint density at radius 2 is 2.00 bits per heavy atom. The molecule has 0 spiro atoms. The molecule has 0 aliphatic heterocycles. The number of halogens is 1. The Morgan fingerprint density at radius 3 is 2.30 bits per heavy atom. The Morgan fingerprint density at radius 1 is 1.50 bits per heavy atom. The zero-order valence-electron chi connectivity index (χ0n) is 6.63. The number of quaternary nitrogens is 1. The molecule has 0 amide bonds. The molecule has 0 fully saturated rings. The van der Waals surface area contributed by atoms with Gasteiger partial charge in [0.1, 0.15) is 6.54 Å². The summed E-state index contributed by atoms with van der Waals surface area (Å²) in [6.07, 6.45) is 5.14. The second-order valence-corrected chi connectivity index (χ2v) is 2.81.